The average molecular weight is 230 g/mol. The van der Waals surface area contributed by atoms with E-state index in [0.717, 1.165) is 25.9 Å². The Morgan fingerprint density at radius 1 is 1.19 bits per heavy atom. The SMILES string of the molecule is CCCC1(CCC)CC(C(OC)OC)CO1. The highest BCUT2D eigenvalue weighted by Crippen LogP contribution is 2.39. The highest BCUT2D eigenvalue weighted by molar-refractivity contribution is 4.89. The monoisotopic (exact) mass is 230 g/mol. The lowest BCUT2D eigenvalue weighted by Gasteiger charge is -2.28. The zero-order valence-corrected chi connectivity index (χ0v) is 11.1. The first-order valence-corrected chi connectivity index (χ1v) is 6.41. The smallest absolute Gasteiger partial charge is 0.161 e. The first kappa shape index (κ1) is 13.9. The van der Waals surface area contributed by atoms with Crippen molar-refractivity contribution in [2.75, 3.05) is 20.8 Å². The van der Waals surface area contributed by atoms with E-state index in [9.17, 15) is 0 Å². The van der Waals surface area contributed by atoms with Crippen molar-refractivity contribution in [2.45, 2.75) is 57.8 Å². The summed E-state index contributed by atoms with van der Waals surface area (Å²) in [5.41, 5.74) is 0.0868. The van der Waals surface area contributed by atoms with E-state index in [0.29, 0.717) is 5.92 Å². The van der Waals surface area contributed by atoms with E-state index < -0.39 is 0 Å². The Morgan fingerprint density at radius 3 is 2.19 bits per heavy atom. The van der Waals surface area contributed by atoms with Gasteiger partial charge in [-0.05, 0) is 19.3 Å². The lowest BCUT2D eigenvalue weighted by Crippen LogP contribution is -2.30. The Kier molecular flexibility index (Phi) is 5.73. The molecule has 1 aliphatic heterocycles. The predicted molar refractivity (Wildman–Crippen MR) is 64.4 cm³/mol. The van der Waals surface area contributed by atoms with Gasteiger partial charge in [0.05, 0.1) is 12.2 Å². The number of hydrogen-bond acceptors (Lipinski definition) is 3. The molecule has 1 rings (SSSR count). The summed E-state index contributed by atoms with van der Waals surface area (Å²) in [6.45, 7) is 5.21. The minimum atomic E-state index is -0.115. The largest absolute Gasteiger partial charge is 0.374 e. The van der Waals surface area contributed by atoms with Gasteiger partial charge in [-0.15, -0.1) is 0 Å². The zero-order valence-electron chi connectivity index (χ0n) is 11.1. The summed E-state index contributed by atoms with van der Waals surface area (Å²) in [6, 6.07) is 0. The van der Waals surface area contributed by atoms with Gasteiger partial charge in [0.15, 0.2) is 6.29 Å². The molecule has 1 saturated heterocycles. The van der Waals surface area contributed by atoms with Crippen molar-refractivity contribution in [2.24, 2.45) is 5.92 Å². The predicted octanol–water partition coefficient (Wildman–Crippen LogP) is 2.98. The molecule has 16 heavy (non-hydrogen) atoms. The van der Waals surface area contributed by atoms with Gasteiger partial charge >= 0.3 is 0 Å². The Labute approximate surface area is 99.5 Å². The summed E-state index contributed by atoms with van der Waals surface area (Å²) in [5, 5.41) is 0. The summed E-state index contributed by atoms with van der Waals surface area (Å²) in [7, 11) is 3.40. The highest BCUT2D eigenvalue weighted by atomic mass is 16.7. The molecule has 1 unspecified atom stereocenters. The van der Waals surface area contributed by atoms with Crippen molar-refractivity contribution in [3.05, 3.63) is 0 Å². The molecule has 0 saturated carbocycles. The van der Waals surface area contributed by atoms with Gasteiger partial charge in [0.2, 0.25) is 0 Å². The molecule has 96 valence electrons. The standard InChI is InChI=1S/C13H26O3/c1-5-7-13(8-6-2)9-11(10-16-13)12(14-3)15-4/h11-12H,5-10H2,1-4H3. The van der Waals surface area contributed by atoms with Gasteiger partial charge in [0, 0.05) is 20.1 Å². The number of hydrogen-bond donors (Lipinski definition) is 0. The maximum Gasteiger partial charge on any atom is 0.161 e. The lowest BCUT2D eigenvalue weighted by molar-refractivity contribution is -0.136. The molecule has 0 aromatic rings. The molecular weight excluding hydrogens is 204 g/mol. The molecule has 0 bridgehead atoms. The fourth-order valence-electron chi connectivity index (χ4n) is 2.92. The first-order chi connectivity index (χ1) is 7.71. The average Bonchev–Trinajstić information content (AvgIpc) is 2.66. The second-order valence-corrected chi connectivity index (χ2v) is 4.80. The molecular formula is C13H26O3. The molecule has 0 N–H and O–H groups in total. The van der Waals surface area contributed by atoms with Crippen molar-refractivity contribution in [3.63, 3.8) is 0 Å². The number of rotatable bonds is 7. The van der Waals surface area contributed by atoms with Crippen LogP contribution >= 0.6 is 0 Å². The minimum absolute atomic E-state index is 0.0868. The molecule has 1 atom stereocenters. The van der Waals surface area contributed by atoms with Crippen LogP contribution in [0, 0.1) is 5.92 Å². The summed E-state index contributed by atoms with van der Waals surface area (Å²) >= 11 is 0. The third kappa shape index (κ3) is 3.19. The van der Waals surface area contributed by atoms with E-state index >= 15 is 0 Å². The molecule has 1 aliphatic rings. The van der Waals surface area contributed by atoms with Crippen LogP contribution in [-0.2, 0) is 14.2 Å². The van der Waals surface area contributed by atoms with Gasteiger partial charge in [-0.2, -0.15) is 0 Å². The van der Waals surface area contributed by atoms with Crippen LogP contribution in [0.3, 0.4) is 0 Å². The van der Waals surface area contributed by atoms with Crippen molar-refractivity contribution in [1.29, 1.82) is 0 Å². The molecule has 1 fully saturated rings. The van der Waals surface area contributed by atoms with Crippen LogP contribution < -0.4 is 0 Å². The van der Waals surface area contributed by atoms with Crippen molar-refractivity contribution in [1.82, 2.24) is 0 Å². The molecule has 3 heteroatoms. The van der Waals surface area contributed by atoms with E-state index in [1.165, 1.54) is 12.8 Å². The molecule has 0 aliphatic carbocycles. The summed E-state index contributed by atoms with van der Waals surface area (Å²) in [5.74, 6) is 0.382. The van der Waals surface area contributed by atoms with Crippen molar-refractivity contribution in [3.8, 4) is 0 Å². The second kappa shape index (κ2) is 6.58. The Hall–Kier alpha value is -0.120. The molecule has 1 heterocycles. The van der Waals surface area contributed by atoms with Gasteiger partial charge in [0.1, 0.15) is 0 Å². The van der Waals surface area contributed by atoms with Gasteiger partial charge in [-0.3, -0.25) is 0 Å². The summed E-state index contributed by atoms with van der Waals surface area (Å²) in [6.07, 6.45) is 5.61. The highest BCUT2D eigenvalue weighted by Gasteiger charge is 2.42. The van der Waals surface area contributed by atoms with Crippen molar-refractivity contribution < 1.29 is 14.2 Å². The Morgan fingerprint density at radius 2 is 1.75 bits per heavy atom. The van der Waals surface area contributed by atoms with Crippen LogP contribution in [0.1, 0.15) is 46.0 Å². The summed E-state index contributed by atoms with van der Waals surface area (Å²) < 4.78 is 16.7. The molecule has 3 nitrogen and oxygen atoms in total. The fourth-order valence-corrected chi connectivity index (χ4v) is 2.92. The third-order valence-electron chi connectivity index (χ3n) is 3.50. The first-order valence-electron chi connectivity index (χ1n) is 6.41. The summed E-state index contributed by atoms with van der Waals surface area (Å²) in [4.78, 5) is 0. The molecule has 0 radical (unpaired) electrons. The topological polar surface area (TPSA) is 27.7 Å². The lowest BCUT2D eigenvalue weighted by atomic mass is 9.86. The molecule has 0 aromatic carbocycles. The number of methoxy groups -OCH3 is 2. The number of ether oxygens (including phenoxy) is 3. The van der Waals surface area contributed by atoms with Crippen molar-refractivity contribution >= 4 is 0 Å². The minimum Gasteiger partial charge on any atom is -0.374 e. The van der Waals surface area contributed by atoms with E-state index in [-0.39, 0.29) is 11.9 Å². The maximum absolute atomic E-state index is 6.06. The van der Waals surface area contributed by atoms with Gasteiger partial charge < -0.3 is 14.2 Å². The quantitative estimate of drug-likeness (QED) is 0.629. The van der Waals surface area contributed by atoms with Crippen LogP contribution in [-0.4, -0.2) is 32.7 Å². The van der Waals surface area contributed by atoms with Gasteiger partial charge in [-0.25, -0.2) is 0 Å². The van der Waals surface area contributed by atoms with E-state index in [2.05, 4.69) is 13.8 Å². The fraction of sp³-hybridized carbons (Fsp3) is 1.00. The van der Waals surface area contributed by atoms with Crippen LogP contribution in [0.2, 0.25) is 0 Å². The van der Waals surface area contributed by atoms with Crippen LogP contribution in [0.25, 0.3) is 0 Å². The van der Waals surface area contributed by atoms with E-state index in [1.807, 2.05) is 0 Å². The van der Waals surface area contributed by atoms with E-state index in [1.54, 1.807) is 14.2 Å². The van der Waals surface area contributed by atoms with Gasteiger partial charge in [0.25, 0.3) is 0 Å². The Bertz CT molecular complexity index is 184. The molecule has 0 amide bonds. The van der Waals surface area contributed by atoms with Gasteiger partial charge in [-0.1, -0.05) is 26.7 Å². The van der Waals surface area contributed by atoms with Crippen LogP contribution in [0.15, 0.2) is 0 Å². The second-order valence-electron chi connectivity index (χ2n) is 4.80. The molecule has 0 spiro atoms. The molecule has 0 aromatic heterocycles. The van der Waals surface area contributed by atoms with Crippen LogP contribution in [0.4, 0.5) is 0 Å². The van der Waals surface area contributed by atoms with Crippen LogP contribution in [0.5, 0.6) is 0 Å². The Balaban J connectivity index is 2.58. The maximum atomic E-state index is 6.06. The normalized spacial score (nSPS) is 24.2. The van der Waals surface area contributed by atoms with E-state index in [4.69, 9.17) is 14.2 Å². The zero-order chi connectivity index (χ0) is 12.0. The third-order valence-corrected chi connectivity index (χ3v) is 3.50.